The predicted octanol–water partition coefficient (Wildman–Crippen LogP) is 2.21. The molecule has 0 spiro atoms. The molecule has 3 heterocycles. The van der Waals surface area contributed by atoms with Crippen LogP contribution < -0.4 is 10.5 Å². The molecule has 0 amide bonds. The molecule has 1 aliphatic rings. The Bertz CT molecular complexity index is 931. The molecular formula is C19H20N4O2. The summed E-state index contributed by atoms with van der Waals surface area (Å²) in [4.78, 5) is 25.0. The molecule has 1 aliphatic heterocycles. The molecule has 0 aliphatic carbocycles. The predicted molar refractivity (Wildman–Crippen MR) is 96.7 cm³/mol. The van der Waals surface area contributed by atoms with Crippen molar-refractivity contribution in [1.82, 2.24) is 14.9 Å². The third-order valence-corrected chi connectivity index (χ3v) is 4.63. The summed E-state index contributed by atoms with van der Waals surface area (Å²) in [6.07, 6.45) is 5.21. The lowest BCUT2D eigenvalue weighted by molar-refractivity contribution is 0.249. The van der Waals surface area contributed by atoms with E-state index in [-0.39, 0.29) is 5.63 Å². The van der Waals surface area contributed by atoms with Crippen LogP contribution in [0.15, 0.2) is 52.1 Å². The maximum absolute atomic E-state index is 11.9. The molecule has 0 radical (unpaired) electrons. The van der Waals surface area contributed by atoms with Gasteiger partial charge >= 0.3 is 5.63 Å². The fourth-order valence-electron chi connectivity index (χ4n) is 3.30. The summed E-state index contributed by atoms with van der Waals surface area (Å²) < 4.78 is 5.35. The van der Waals surface area contributed by atoms with Crippen molar-refractivity contribution < 1.29 is 4.42 Å². The molecule has 6 nitrogen and oxygen atoms in total. The highest BCUT2D eigenvalue weighted by Crippen LogP contribution is 2.21. The largest absolute Gasteiger partial charge is 0.423 e. The molecule has 3 aromatic rings. The van der Waals surface area contributed by atoms with Crippen LogP contribution in [-0.2, 0) is 6.54 Å². The van der Waals surface area contributed by atoms with Crippen molar-refractivity contribution in [2.75, 3.05) is 31.1 Å². The average molecular weight is 336 g/mol. The van der Waals surface area contributed by atoms with E-state index in [1.54, 1.807) is 24.7 Å². The third kappa shape index (κ3) is 3.39. The van der Waals surface area contributed by atoms with Gasteiger partial charge in [-0.1, -0.05) is 12.1 Å². The molecule has 0 unspecified atom stereocenters. The van der Waals surface area contributed by atoms with Gasteiger partial charge in [0.1, 0.15) is 11.4 Å². The Labute approximate surface area is 145 Å². The zero-order valence-corrected chi connectivity index (χ0v) is 14.2. The number of benzene rings is 1. The van der Waals surface area contributed by atoms with E-state index < -0.39 is 0 Å². The molecule has 0 N–H and O–H groups in total. The Morgan fingerprint density at radius 2 is 1.96 bits per heavy atom. The monoisotopic (exact) mass is 336 g/mol. The smallest absolute Gasteiger partial charge is 0.336 e. The third-order valence-electron chi connectivity index (χ3n) is 4.63. The van der Waals surface area contributed by atoms with Gasteiger partial charge in [-0.25, -0.2) is 9.78 Å². The van der Waals surface area contributed by atoms with Gasteiger partial charge in [0.15, 0.2) is 0 Å². The maximum Gasteiger partial charge on any atom is 0.336 e. The number of hydrogen-bond donors (Lipinski definition) is 0. The molecular weight excluding hydrogens is 316 g/mol. The quantitative estimate of drug-likeness (QED) is 0.684. The van der Waals surface area contributed by atoms with Crippen molar-refractivity contribution in [3.8, 4) is 0 Å². The van der Waals surface area contributed by atoms with Crippen LogP contribution in [-0.4, -0.2) is 41.0 Å². The van der Waals surface area contributed by atoms with Crippen molar-refractivity contribution >= 4 is 16.8 Å². The first-order valence-electron chi connectivity index (χ1n) is 8.46. The summed E-state index contributed by atoms with van der Waals surface area (Å²) in [6.45, 7) is 6.39. The van der Waals surface area contributed by atoms with Gasteiger partial charge in [0.05, 0.1) is 6.20 Å². The maximum atomic E-state index is 11.9. The molecule has 6 heteroatoms. The highest BCUT2D eigenvalue weighted by molar-refractivity contribution is 5.80. The highest BCUT2D eigenvalue weighted by atomic mass is 16.4. The molecule has 1 aromatic carbocycles. The lowest BCUT2D eigenvalue weighted by Gasteiger charge is -2.35. The van der Waals surface area contributed by atoms with E-state index in [1.165, 1.54) is 0 Å². The minimum Gasteiger partial charge on any atom is -0.423 e. The minimum atomic E-state index is -0.286. The van der Waals surface area contributed by atoms with E-state index in [0.29, 0.717) is 5.58 Å². The summed E-state index contributed by atoms with van der Waals surface area (Å²) in [6, 6.07) is 7.63. The summed E-state index contributed by atoms with van der Waals surface area (Å²) in [5, 5.41) is 1.02. The van der Waals surface area contributed by atoms with Crippen LogP contribution in [0.3, 0.4) is 0 Å². The van der Waals surface area contributed by atoms with Gasteiger partial charge in [0.25, 0.3) is 0 Å². The second-order valence-electron chi connectivity index (χ2n) is 6.42. The fourth-order valence-corrected chi connectivity index (χ4v) is 3.30. The van der Waals surface area contributed by atoms with Crippen LogP contribution in [0.4, 0.5) is 5.82 Å². The lowest BCUT2D eigenvalue weighted by atomic mass is 10.1. The van der Waals surface area contributed by atoms with Crippen molar-refractivity contribution in [1.29, 1.82) is 0 Å². The molecule has 0 saturated carbocycles. The number of fused-ring (bicyclic) bond motifs is 1. The van der Waals surface area contributed by atoms with E-state index >= 15 is 0 Å². The summed E-state index contributed by atoms with van der Waals surface area (Å²) in [5.41, 5.74) is 2.50. The average Bonchev–Trinajstić information content (AvgIpc) is 2.62. The number of rotatable bonds is 3. The van der Waals surface area contributed by atoms with Gasteiger partial charge in [-0.15, -0.1) is 0 Å². The Balaban J connectivity index is 1.50. The molecule has 0 bridgehead atoms. The Hall–Kier alpha value is -2.73. The van der Waals surface area contributed by atoms with E-state index in [0.717, 1.165) is 55.1 Å². The standard InChI is InChI=1S/C19H20N4O2/c1-14-2-3-16-15(11-19(24)25-17(16)10-14)13-22-6-8-23(9-7-22)18-12-20-4-5-21-18/h2-5,10-12H,6-9,13H2,1H3. The zero-order chi connectivity index (χ0) is 17.2. The molecule has 1 saturated heterocycles. The SMILES string of the molecule is Cc1ccc2c(CN3CCN(c4cnccn4)CC3)cc(=O)oc2c1. The number of anilines is 1. The van der Waals surface area contributed by atoms with E-state index in [2.05, 4.69) is 25.8 Å². The molecule has 2 aromatic heterocycles. The second-order valence-corrected chi connectivity index (χ2v) is 6.42. The molecule has 0 atom stereocenters. The fraction of sp³-hybridized carbons (Fsp3) is 0.316. The Kier molecular flexibility index (Phi) is 4.19. The summed E-state index contributed by atoms with van der Waals surface area (Å²) in [5.74, 6) is 0.920. The topological polar surface area (TPSA) is 62.5 Å². The first-order valence-corrected chi connectivity index (χ1v) is 8.46. The van der Waals surface area contributed by atoms with Gasteiger partial charge in [-0.3, -0.25) is 9.88 Å². The second kappa shape index (κ2) is 6.64. The highest BCUT2D eigenvalue weighted by Gasteiger charge is 2.19. The molecule has 4 rings (SSSR count). The summed E-state index contributed by atoms with van der Waals surface area (Å²) >= 11 is 0. The van der Waals surface area contributed by atoms with Crippen LogP contribution in [0, 0.1) is 6.92 Å². The number of aryl methyl sites for hydroxylation is 1. The first-order chi connectivity index (χ1) is 12.2. The number of piperazine rings is 1. The minimum absolute atomic E-state index is 0.286. The van der Waals surface area contributed by atoms with Crippen LogP contribution in [0.2, 0.25) is 0 Å². The van der Waals surface area contributed by atoms with Gasteiger partial charge in [-0.05, 0) is 24.1 Å². The van der Waals surface area contributed by atoms with Crippen LogP contribution in [0.5, 0.6) is 0 Å². The molecule has 128 valence electrons. The Morgan fingerprint density at radius 3 is 2.72 bits per heavy atom. The van der Waals surface area contributed by atoms with Crippen molar-refractivity contribution in [3.63, 3.8) is 0 Å². The number of hydrogen-bond acceptors (Lipinski definition) is 6. The molecule has 25 heavy (non-hydrogen) atoms. The number of nitrogens with zero attached hydrogens (tertiary/aromatic N) is 4. The van der Waals surface area contributed by atoms with Gasteiger partial charge in [0, 0.05) is 56.6 Å². The lowest BCUT2D eigenvalue weighted by Crippen LogP contribution is -2.46. The van der Waals surface area contributed by atoms with Gasteiger partial charge < -0.3 is 9.32 Å². The van der Waals surface area contributed by atoms with Crippen molar-refractivity contribution in [2.24, 2.45) is 0 Å². The van der Waals surface area contributed by atoms with Crippen LogP contribution in [0.25, 0.3) is 11.0 Å². The Morgan fingerprint density at radius 1 is 1.12 bits per heavy atom. The first kappa shape index (κ1) is 15.8. The number of aromatic nitrogens is 2. The van der Waals surface area contributed by atoms with Crippen LogP contribution in [0.1, 0.15) is 11.1 Å². The van der Waals surface area contributed by atoms with E-state index in [1.807, 2.05) is 19.1 Å². The van der Waals surface area contributed by atoms with Crippen molar-refractivity contribution in [3.05, 3.63) is 64.4 Å². The normalized spacial score (nSPS) is 15.6. The molecule has 1 fully saturated rings. The van der Waals surface area contributed by atoms with E-state index in [9.17, 15) is 4.79 Å². The summed E-state index contributed by atoms with van der Waals surface area (Å²) in [7, 11) is 0. The van der Waals surface area contributed by atoms with Crippen LogP contribution >= 0.6 is 0 Å². The van der Waals surface area contributed by atoms with E-state index in [4.69, 9.17) is 4.42 Å². The zero-order valence-electron chi connectivity index (χ0n) is 14.2. The van der Waals surface area contributed by atoms with Gasteiger partial charge in [-0.2, -0.15) is 0 Å². The van der Waals surface area contributed by atoms with Crippen molar-refractivity contribution in [2.45, 2.75) is 13.5 Å². The van der Waals surface area contributed by atoms with Gasteiger partial charge in [0.2, 0.25) is 0 Å².